The van der Waals surface area contributed by atoms with Crippen molar-refractivity contribution in [1.82, 2.24) is 10.2 Å². The van der Waals surface area contributed by atoms with Gasteiger partial charge in [0.05, 0.1) is 6.61 Å². The van der Waals surface area contributed by atoms with Crippen molar-refractivity contribution in [3.8, 4) is 5.75 Å². The van der Waals surface area contributed by atoms with Crippen molar-refractivity contribution in [3.05, 3.63) is 42.0 Å². The molecule has 21 heavy (non-hydrogen) atoms. The minimum absolute atomic E-state index is 0.122. The van der Waals surface area contributed by atoms with Crippen LogP contribution in [-0.2, 0) is 11.2 Å². The van der Waals surface area contributed by atoms with Crippen molar-refractivity contribution in [3.63, 3.8) is 0 Å². The van der Waals surface area contributed by atoms with Gasteiger partial charge in [0.15, 0.2) is 0 Å². The lowest BCUT2D eigenvalue weighted by Crippen LogP contribution is -2.42. The van der Waals surface area contributed by atoms with Crippen LogP contribution in [0.15, 0.2) is 36.4 Å². The summed E-state index contributed by atoms with van der Waals surface area (Å²) in [5.41, 5.74) is 1.28. The highest BCUT2D eigenvalue weighted by atomic mass is 16.5. The quantitative estimate of drug-likeness (QED) is 0.616. The van der Waals surface area contributed by atoms with Crippen LogP contribution in [0.25, 0.3) is 0 Å². The first-order valence-corrected chi connectivity index (χ1v) is 7.57. The molecule has 0 saturated carbocycles. The van der Waals surface area contributed by atoms with Crippen molar-refractivity contribution in [1.29, 1.82) is 0 Å². The second-order valence-electron chi connectivity index (χ2n) is 5.28. The molecular formula is C17H24N2O2. The van der Waals surface area contributed by atoms with Gasteiger partial charge in [-0.2, -0.15) is 0 Å². The van der Waals surface area contributed by atoms with Gasteiger partial charge in [-0.15, -0.1) is 0 Å². The van der Waals surface area contributed by atoms with Crippen LogP contribution in [-0.4, -0.2) is 43.6 Å². The number of hydrogen-bond donors (Lipinski definition) is 1. The molecule has 0 fully saturated rings. The van der Waals surface area contributed by atoms with E-state index in [9.17, 15) is 4.79 Å². The minimum Gasteiger partial charge on any atom is -0.494 e. The Kier molecular flexibility index (Phi) is 5.81. The molecule has 1 aliphatic heterocycles. The molecule has 114 valence electrons. The van der Waals surface area contributed by atoms with E-state index in [1.54, 1.807) is 4.90 Å². The fraction of sp³-hybridized carbons (Fsp3) is 0.471. The van der Waals surface area contributed by atoms with Crippen LogP contribution in [0.1, 0.15) is 18.9 Å². The van der Waals surface area contributed by atoms with Crippen molar-refractivity contribution in [2.45, 2.75) is 25.8 Å². The van der Waals surface area contributed by atoms with E-state index in [-0.39, 0.29) is 11.9 Å². The lowest BCUT2D eigenvalue weighted by Gasteiger charge is -2.20. The summed E-state index contributed by atoms with van der Waals surface area (Å²) in [7, 11) is 1.84. The highest BCUT2D eigenvalue weighted by Crippen LogP contribution is 2.13. The van der Waals surface area contributed by atoms with E-state index >= 15 is 0 Å². The van der Waals surface area contributed by atoms with Crippen LogP contribution in [0.3, 0.4) is 0 Å². The molecule has 0 bridgehead atoms. The number of carbonyl (C=O) groups is 1. The molecule has 1 aromatic rings. The first-order valence-electron chi connectivity index (χ1n) is 7.57. The average molecular weight is 288 g/mol. The molecule has 1 aromatic carbocycles. The summed E-state index contributed by atoms with van der Waals surface area (Å²) >= 11 is 0. The predicted molar refractivity (Wildman–Crippen MR) is 84.5 cm³/mol. The third-order valence-electron chi connectivity index (χ3n) is 3.64. The lowest BCUT2D eigenvalue weighted by atomic mass is 10.2. The Morgan fingerprint density at radius 2 is 2.33 bits per heavy atom. The van der Waals surface area contributed by atoms with E-state index in [1.807, 2.05) is 31.3 Å². The number of nitrogens with one attached hydrogen (secondary N) is 1. The maximum absolute atomic E-state index is 12.1. The normalized spacial score (nSPS) is 17.0. The van der Waals surface area contributed by atoms with Gasteiger partial charge < -0.3 is 9.64 Å². The zero-order valence-corrected chi connectivity index (χ0v) is 12.8. The molecule has 1 amide bonds. The van der Waals surface area contributed by atoms with E-state index in [1.165, 1.54) is 5.56 Å². The molecule has 4 heteroatoms. The van der Waals surface area contributed by atoms with Crippen molar-refractivity contribution in [2.24, 2.45) is 0 Å². The van der Waals surface area contributed by atoms with Gasteiger partial charge in [-0.3, -0.25) is 10.1 Å². The number of amides is 1. The molecule has 1 unspecified atom stereocenters. The molecule has 0 spiro atoms. The SMILES string of the molecule is CCc1cccc(OCCCN(C)C(=O)C2C=CCN2)c1. The van der Waals surface area contributed by atoms with Crippen LogP contribution in [0.2, 0.25) is 0 Å². The lowest BCUT2D eigenvalue weighted by molar-refractivity contribution is -0.130. The number of likely N-dealkylation sites (N-methyl/N-ethyl adjacent to an activating group) is 1. The van der Waals surface area contributed by atoms with Crippen LogP contribution in [0.4, 0.5) is 0 Å². The van der Waals surface area contributed by atoms with Crippen LogP contribution >= 0.6 is 0 Å². The Balaban J connectivity index is 1.69. The minimum atomic E-state index is -0.155. The molecule has 1 N–H and O–H groups in total. The monoisotopic (exact) mass is 288 g/mol. The first kappa shape index (κ1) is 15.6. The summed E-state index contributed by atoms with van der Waals surface area (Å²) in [6.07, 6.45) is 5.75. The molecule has 2 rings (SSSR count). The van der Waals surface area contributed by atoms with Gasteiger partial charge >= 0.3 is 0 Å². The molecule has 1 heterocycles. The molecule has 4 nitrogen and oxygen atoms in total. The second-order valence-corrected chi connectivity index (χ2v) is 5.28. The molecule has 0 aromatic heterocycles. The first-order chi connectivity index (χ1) is 10.2. The zero-order chi connectivity index (χ0) is 15.1. The second kappa shape index (κ2) is 7.84. The van der Waals surface area contributed by atoms with Gasteiger partial charge in [-0.25, -0.2) is 0 Å². The van der Waals surface area contributed by atoms with Gasteiger partial charge in [-0.1, -0.05) is 31.2 Å². The van der Waals surface area contributed by atoms with Gasteiger partial charge in [0.1, 0.15) is 11.8 Å². The van der Waals surface area contributed by atoms with Crippen molar-refractivity contribution >= 4 is 5.91 Å². The Hall–Kier alpha value is -1.81. The van der Waals surface area contributed by atoms with Gasteiger partial charge in [-0.05, 0) is 30.5 Å². The predicted octanol–water partition coefficient (Wildman–Crippen LogP) is 2.00. The average Bonchev–Trinajstić information content (AvgIpc) is 3.05. The van der Waals surface area contributed by atoms with Gasteiger partial charge in [0, 0.05) is 20.1 Å². The van der Waals surface area contributed by atoms with E-state index in [4.69, 9.17) is 4.74 Å². The highest BCUT2D eigenvalue weighted by Gasteiger charge is 2.20. The molecule has 1 aliphatic rings. The van der Waals surface area contributed by atoms with E-state index < -0.39 is 0 Å². The molecule has 0 radical (unpaired) electrons. The number of nitrogens with zero attached hydrogens (tertiary/aromatic N) is 1. The number of aryl methyl sites for hydroxylation is 1. The Labute approximate surface area is 126 Å². The largest absolute Gasteiger partial charge is 0.494 e. The summed E-state index contributed by atoms with van der Waals surface area (Å²) < 4.78 is 5.74. The fourth-order valence-electron chi connectivity index (χ4n) is 2.33. The standard InChI is InChI=1S/C17H24N2O2/c1-3-14-7-4-8-15(13-14)21-12-6-11-19(2)17(20)16-9-5-10-18-16/h4-5,7-9,13,16,18H,3,6,10-12H2,1-2H3. The Morgan fingerprint density at radius 1 is 1.48 bits per heavy atom. The number of benzene rings is 1. The molecular weight excluding hydrogens is 264 g/mol. The van der Waals surface area contributed by atoms with Gasteiger partial charge in [0.2, 0.25) is 5.91 Å². The third-order valence-corrected chi connectivity index (χ3v) is 3.64. The molecule has 0 saturated heterocycles. The molecule has 0 aliphatic carbocycles. The summed E-state index contributed by atoms with van der Waals surface area (Å²) in [6, 6.07) is 8.00. The van der Waals surface area contributed by atoms with Gasteiger partial charge in [0.25, 0.3) is 0 Å². The number of hydrogen-bond acceptors (Lipinski definition) is 3. The van der Waals surface area contributed by atoms with Crippen LogP contribution in [0.5, 0.6) is 5.75 Å². The van der Waals surface area contributed by atoms with E-state index in [0.717, 1.165) is 25.1 Å². The highest BCUT2D eigenvalue weighted by molar-refractivity contribution is 5.84. The summed E-state index contributed by atoms with van der Waals surface area (Å²) in [5, 5.41) is 3.13. The third kappa shape index (κ3) is 4.60. The van der Waals surface area contributed by atoms with E-state index in [0.29, 0.717) is 13.2 Å². The zero-order valence-electron chi connectivity index (χ0n) is 12.8. The topological polar surface area (TPSA) is 41.6 Å². The number of ether oxygens (including phenoxy) is 1. The maximum Gasteiger partial charge on any atom is 0.243 e. The Morgan fingerprint density at radius 3 is 3.05 bits per heavy atom. The fourth-order valence-corrected chi connectivity index (χ4v) is 2.33. The van der Waals surface area contributed by atoms with Crippen LogP contribution < -0.4 is 10.1 Å². The maximum atomic E-state index is 12.1. The van der Waals surface area contributed by atoms with Crippen molar-refractivity contribution < 1.29 is 9.53 Å². The van der Waals surface area contributed by atoms with Crippen LogP contribution in [0, 0.1) is 0 Å². The summed E-state index contributed by atoms with van der Waals surface area (Å²) in [4.78, 5) is 13.8. The summed E-state index contributed by atoms with van der Waals surface area (Å²) in [6.45, 7) is 4.24. The molecule has 1 atom stereocenters. The number of rotatable bonds is 7. The van der Waals surface area contributed by atoms with Crippen molar-refractivity contribution in [2.75, 3.05) is 26.7 Å². The summed E-state index contributed by atoms with van der Waals surface area (Å²) in [5.74, 6) is 1.03. The van der Waals surface area contributed by atoms with E-state index in [2.05, 4.69) is 24.4 Å². The Bertz CT molecular complexity index is 499. The smallest absolute Gasteiger partial charge is 0.243 e. The number of carbonyl (C=O) groups excluding carboxylic acids is 1.